The molecular formula is C10H21LiO. The zero-order chi connectivity index (χ0) is 9.12. The molecule has 1 nitrogen and oxygen atoms in total. The minimum Gasteiger partial charge on any atom is -0.378 e. The molecule has 0 amide bonds. The van der Waals surface area contributed by atoms with Gasteiger partial charge in [-0.25, -0.2) is 0 Å². The van der Waals surface area contributed by atoms with E-state index in [4.69, 9.17) is 4.74 Å². The zero-order valence-electron chi connectivity index (χ0n) is 9.53. The van der Waals surface area contributed by atoms with Crippen LogP contribution in [0.15, 0.2) is 0 Å². The molecule has 0 aromatic carbocycles. The summed E-state index contributed by atoms with van der Waals surface area (Å²) in [5.74, 6) is 0. The Morgan fingerprint density at radius 3 is 1.83 bits per heavy atom. The Kier molecular flexibility index (Phi) is 6.67. The first-order chi connectivity index (χ1) is 4.77. The van der Waals surface area contributed by atoms with Crippen LogP contribution in [0.25, 0.3) is 0 Å². The number of rotatable bonds is 4. The first kappa shape index (κ1) is 15.0. The van der Waals surface area contributed by atoms with Crippen molar-refractivity contribution in [2.45, 2.75) is 46.6 Å². The molecule has 0 aromatic rings. The molecule has 68 valence electrons. The third kappa shape index (κ3) is 8.65. The molecule has 2 heteroatoms. The van der Waals surface area contributed by atoms with Gasteiger partial charge in [-0.05, 0) is 20.3 Å². The maximum Gasteiger partial charge on any atom is 1.00 e. The first-order valence-corrected chi connectivity index (χ1v) is 4.26. The number of ether oxygens (including phenoxy) is 1. The van der Waals surface area contributed by atoms with Gasteiger partial charge in [0.2, 0.25) is 0 Å². The van der Waals surface area contributed by atoms with Gasteiger partial charge < -0.3 is 11.7 Å². The van der Waals surface area contributed by atoms with Gasteiger partial charge in [0.15, 0.2) is 0 Å². The van der Waals surface area contributed by atoms with Crippen LogP contribution in [0, 0.1) is 12.3 Å². The zero-order valence-corrected chi connectivity index (χ0v) is 9.53. The molecule has 0 aliphatic heterocycles. The molecular weight excluding hydrogens is 143 g/mol. The topological polar surface area (TPSA) is 9.23 Å². The summed E-state index contributed by atoms with van der Waals surface area (Å²) in [6.45, 7) is 15.2. The van der Waals surface area contributed by atoms with E-state index in [2.05, 4.69) is 41.5 Å². The predicted octanol–water partition coefficient (Wildman–Crippen LogP) is 0.0559. The summed E-state index contributed by atoms with van der Waals surface area (Å²) in [6.07, 6.45) is 1.04. The second-order valence-corrected chi connectivity index (χ2v) is 4.57. The largest absolute Gasteiger partial charge is 1.00 e. The molecule has 0 spiro atoms. The summed E-state index contributed by atoms with van der Waals surface area (Å²) in [5.41, 5.74) is 0.0431. The fourth-order valence-corrected chi connectivity index (χ4v) is 0.493. The quantitative estimate of drug-likeness (QED) is 0.421. The Bertz CT molecular complexity index is 113. The van der Waals surface area contributed by atoms with E-state index in [1.165, 1.54) is 0 Å². The fraction of sp³-hybridized carbons (Fsp3) is 0.900. The van der Waals surface area contributed by atoms with Crippen molar-refractivity contribution in [3.05, 3.63) is 6.92 Å². The normalized spacial score (nSPS) is 12.5. The molecule has 0 bridgehead atoms. The number of hydrogen-bond acceptors (Lipinski definition) is 1. The van der Waals surface area contributed by atoms with E-state index in [1.807, 2.05) is 0 Å². The third-order valence-electron chi connectivity index (χ3n) is 1.71. The summed E-state index contributed by atoms with van der Waals surface area (Å²) >= 11 is 0. The maximum absolute atomic E-state index is 5.68. The van der Waals surface area contributed by atoms with Crippen molar-refractivity contribution in [2.75, 3.05) is 6.61 Å². The van der Waals surface area contributed by atoms with E-state index in [-0.39, 0.29) is 29.9 Å². The van der Waals surface area contributed by atoms with Crippen molar-refractivity contribution in [3.8, 4) is 0 Å². The summed E-state index contributed by atoms with van der Waals surface area (Å²) < 4.78 is 5.68. The van der Waals surface area contributed by atoms with Crippen LogP contribution in [0.1, 0.15) is 41.0 Å². The minimum absolute atomic E-state index is 0. The van der Waals surface area contributed by atoms with Gasteiger partial charge in [0.05, 0.1) is 5.60 Å². The van der Waals surface area contributed by atoms with Crippen molar-refractivity contribution in [2.24, 2.45) is 5.41 Å². The van der Waals surface area contributed by atoms with Crippen LogP contribution >= 0.6 is 0 Å². The van der Waals surface area contributed by atoms with Crippen LogP contribution in [-0.4, -0.2) is 12.2 Å². The molecule has 0 aliphatic rings. The van der Waals surface area contributed by atoms with Crippen molar-refractivity contribution < 1.29 is 23.6 Å². The van der Waals surface area contributed by atoms with Gasteiger partial charge in [0.25, 0.3) is 0 Å². The Balaban J connectivity index is 0. The molecule has 0 saturated heterocycles. The van der Waals surface area contributed by atoms with Crippen LogP contribution in [-0.2, 0) is 4.74 Å². The van der Waals surface area contributed by atoms with Crippen LogP contribution in [0.5, 0.6) is 0 Å². The molecule has 0 radical (unpaired) electrons. The smallest absolute Gasteiger partial charge is 0.378 e. The Morgan fingerprint density at radius 2 is 1.58 bits per heavy atom. The Labute approximate surface area is 89.4 Å². The van der Waals surface area contributed by atoms with Gasteiger partial charge in [-0.1, -0.05) is 20.8 Å². The van der Waals surface area contributed by atoms with Crippen molar-refractivity contribution in [3.63, 3.8) is 0 Å². The average molecular weight is 164 g/mol. The van der Waals surface area contributed by atoms with Gasteiger partial charge in [-0.2, -0.15) is 0 Å². The first-order valence-electron chi connectivity index (χ1n) is 4.26. The average Bonchev–Trinajstić information content (AvgIpc) is 1.83. The van der Waals surface area contributed by atoms with Crippen LogP contribution in [0.2, 0.25) is 0 Å². The van der Waals surface area contributed by atoms with Crippen LogP contribution in [0.4, 0.5) is 0 Å². The maximum atomic E-state index is 5.68. The minimum atomic E-state index is 0. The van der Waals surface area contributed by atoms with Crippen molar-refractivity contribution in [1.29, 1.82) is 0 Å². The van der Waals surface area contributed by atoms with Gasteiger partial charge in [0, 0.05) is 6.61 Å². The van der Waals surface area contributed by atoms with E-state index in [9.17, 15) is 0 Å². The summed E-state index contributed by atoms with van der Waals surface area (Å²) in [6, 6.07) is 0. The fourth-order valence-electron chi connectivity index (χ4n) is 0.493. The third-order valence-corrected chi connectivity index (χ3v) is 1.71. The molecule has 0 heterocycles. The molecule has 0 saturated carbocycles. The predicted molar refractivity (Wildman–Crippen MR) is 49.5 cm³/mol. The van der Waals surface area contributed by atoms with Gasteiger partial charge in [-0.15, -0.1) is 5.41 Å². The van der Waals surface area contributed by atoms with E-state index in [1.54, 1.807) is 0 Å². The molecule has 0 fully saturated rings. The second-order valence-electron chi connectivity index (χ2n) is 4.57. The molecule has 0 N–H and O–H groups in total. The molecule has 0 rings (SSSR count). The van der Waals surface area contributed by atoms with Crippen molar-refractivity contribution in [1.82, 2.24) is 0 Å². The Hall–Kier alpha value is 0.557. The second kappa shape index (κ2) is 5.32. The van der Waals surface area contributed by atoms with Crippen molar-refractivity contribution >= 4 is 0 Å². The SMILES string of the molecule is [CH2-]C(C)(C)COC(C)(C)CC.[Li+]. The standard InChI is InChI=1S/C10H21O.Li/c1-7-10(5,6)11-8-9(2,3)4;/h2,7-8H2,1,3-6H3;/q-1;+1. The Morgan fingerprint density at radius 1 is 1.17 bits per heavy atom. The monoisotopic (exact) mass is 164 g/mol. The molecule has 0 unspecified atom stereocenters. The molecule has 12 heavy (non-hydrogen) atoms. The van der Waals surface area contributed by atoms with Gasteiger partial charge >= 0.3 is 18.9 Å². The molecule has 0 aromatic heterocycles. The summed E-state index contributed by atoms with van der Waals surface area (Å²) in [7, 11) is 0. The summed E-state index contributed by atoms with van der Waals surface area (Å²) in [4.78, 5) is 0. The van der Waals surface area contributed by atoms with Crippen LogP contribution < -0.4 is 18.9 Å². The molecule has 0 atom stereocenters. The van der Waals surface area contributed by atoms with Gasteiger partial charge in [0.1, 0.15) is 0 Å². The van der Waals surface area contributed by atoms with Gasteiger partial charge in [-0.3, -0.25) is 0 Å². The van der Waals surface area contributed by atoms with E-state index in [0.717, 1.165) is 13.0 Å². The van der Waals surface area contributed by atoms with E-state index in [0.29, 0.717) is 0 Å². The number of hydrogen-bond donors (Lipinski definition) is 0. The van der Waals surface area contributed by atoms with E-state index >= 15 is 0 Å². The van der Waals surface area contributed by atoms with Crippen LogP contribution in [0.3, 0.4) is 0 Å². The summed E-state index contributed by atoms with van der Waals surface area (Å²) in [5, 5.41) is 0. The van der Waals surface area contributed by atoms with E-state index < -0.39 is 0 Å². The molecule has 0 aliphatic carbocycles.